The van der Waals surface area contributed by atoms with Crippen LogP contribution in [0.5, 0.6) is 0 Å². The Morgan fingerprint density at radius 2 is 2.27 bits per heavy atom. The number of methoxy groups -OCH3 is 1. The smallest absolute Gasteiger partial charge is 0.245 e. The molecule has 1 amide bonds. The van der Waals surface area contributed by atoms with E-state index in [0.29, 0.717) is 24.5 Å². The molecule has 26 heavy (non-hydrogen) atoms. The van der Waals surface area contributed by atoms with E-state index in [1.165, 1.54) is 5.56 Å². The quantitative estimate of drug-likeness (QED) is 0.811. The maximum Gasteiger partial charge on any atom is 0.245 e. The molecule has 1 spiro atoms. The van der Waals surface area contributed by atoms with Crippen LogP contribution in [0.25, 0.3) is 6.08 Å². The molecule has 5 nitrogen and oxygen atoms in total. The van der Waals surface area contributed by atoms with Gasteiger partial charge in [-0.05, 0) is 18.4 Å². The molecule has 1 aromatic carbocycles. The summed E-state index contributed by atoms with van der Waals surface area (Å²) in [7, 11) is 1.55. The first-order valence-corrected chi connectivity index (χ1v) is 9.57. The van der Waals surface area contributed by atoms with E-state index in [9.17, 15) is 4.79 Å². The van der Waals surface area contributed by atoms with E-state index in [1.807, 2.05) is 6.07 Å². The number of carbonyl (C=O) groups is 1. The summed E-state index contributed by atoms with van der Waals surface area (Å²) in [5, 5.41) is 3.02. The summed E-state index contributed by atoms with van der Waals surface area (Å²) in [6.07, 6.45) is 7.02. The molecule has 1 aromatic rings. The van der Waals surface area contributed by atoms with E-state index in [0.717, 1.165) is 32.5 Å². The standard InChI is InChI=1S/C21H28N2O3/c1-25-14-20(24)22-12-17-18-13-23(15-21(18)10-9-19(17)26-21)11-5-8-16-6-3-2-4-7-16/h2-8,17-19H,9-15H2,1H3,(H,22,24)/t17-,18+,19+,21+/m0/s1. The van der Waals surface area contributed by atoms with Gasteiger partial charge in [0, 0.05) is 45.1 Å². The lowest BCUT2D eigenvalue weighted by Gasteiger charge is -2.29. The second-order valence-electron chi connectivity index (χ2n) is 7.77. The molecule has 3 fully saturated rings. The highest BCUT2D eigenvalue weighted by molar-refractivity contribution is 5.77. The Morgan fingerprint density at radius 3 is 3.08 bits per heavy atom. The first-order valence-electron chi connectivity index (χ1n) is 9.57. The highest BCUT2D eigenvalue weighted by Gasteiger charge is 2.62. The van der Waals surface area contributed by atoms with Crippen molar-refractivity contribution in [2.45, 2.75) is 24.5 Å². The zero-order valence-corrected chi connectivity index (χ0v) is 15.4. The largest absolute Gasteiger partial charge is 0.375 e. The zero-order valence-electron chi connectivity index (χ0n) is 15.4. The topological polar surface area (TPSA) is 50.8 Å². The van der Waals surface area contributed by atoms with Crippen molar-refractivity contribution in [2.75, 3.05) is 39.9 Å². The van der Waals surface area contributed by atoms with Gasteiger partial charge in [0.1, 0.15) is 6.61 Å². The normalized spacial score (nSPS) is 33.0. The third-order valence-electron chi connectivity index (χ3n) is 6.14. The summed E-state index contributed by atoms with van der Waals surface area (Å²) in [6, 6.07) is 10.4. The molecular formula is C21H28N2O3. The molecule has 3 heterocycles. The fraction of sp³-hybridized carbons (Fsp3) is 0.571. The number of fused-ring (bicyclic) bond motifs is 1. The van der Waals surface area contributed by atoms with Crippen LogP contribution in [-0.4, -0.2) is 62.4 Å². The molecule has 1 N–H and O–H groups in total. The number of hydrogen-bond donors (Lipinski definition) is 1. The number of carbonyl (C=O) groups excluding carboxylic acids is 1. The second kappa shape index (κ2) is 7.51. The van der Waals surface area contributed by atoms with Gasteiger partial charge >= 0.3 is 0 Å². The van der Waals surface area contributed by atoms with Crippen LogP contribution in [0.2, 0.25) is 0 Å². The predicted octanol–water partition coefficient (Wildman–Crippen LogP) is 1.94. The Kier molecular flexibility index (Phi) is 5.11. The molecule has 0 saturated carbocycles. The number of rotatable bonds is 7. The van der Waals surface area contributed by atoms with Gasteiger partial charge in [-0.3, -0.25) is 9.69 Å². The third kappa shape index (κ3) is 3.43. The van der Waals surface area contributed by atoms with E-state index in [-0.39, 0.29) is 18.1 Å². The van der Waals surface area contributed by atoms with Gasteiger partial charge in [-0.1, -0.05) is 42.5 Å². The number of hydrogen-bond acceptors (Lipinski definition) is 4. The minimum absolute atomic E-state index is 0.0158. The average molecular weight is 356 g/mol. The van der Waals surface area contributed by atoms with Gasteiger partial charge in [0.15, 0.2) is 0 Å². The Labute approximate surface area is 155 Å². The van der Waals surface area contributed by atoms with Crippen LogP contribution in [0.15, 0.2) is 36.4 Å². The number of nitrogens with zero attached hydrogens (tertiary/aromatic N) is 1. The van der Waals surface area contributed by atoms with E-state index in [4.69, 9.17) is 9.47 Å². The Morgan fingerprint density at radius 1 is 1.42 bits per heavy atom. The first-order chi connectivity index (χ1) is 12.7. The Balaban J connectivity index is 1.34. The highest BCUT2D eigenvalue weighted by Crippen LogP contribution is 2.54. The highest BCUT2D eigenvalue weighted by atomic mass is 16.5. The number of benzene rings is 1. The van der Waals surface area contributed by atoms with E-state index in [2.05, 4.69) is 46.6 Å². The first kappa shape index (κ1) is 17.7. The molecule has 2 bridgehead atoms. The summed E-state index contributed by atoms with van der Waals surface area (Å²) >= 11 is 0. The maximum absolute atomic E-state index is 11.7. The summed E-state index contributed by atoms with van der Waals surface area (Å²) in [4.78, 5) is 14.2. The number of ether oxygens (including phenoxy) is 2. The SMILES string of the molecule is COCC(=O)NC[C@H]1[C@H]2CN(CC=Cc3ccccc3)C[C@]23CC[C@H]1O3. The lowest BCUT2D eigenvalue weighted by atomic mass is 9.73. The molecule has 0 unspecified atom stereocenters. The summed E-state index contributed by atoms with van der Waals surface area (Å²) < 4.78 is 11.3. The number of likely N-dealkylation sites (tertiary alicyclic amines) is 1. The van der Waals surface area contributed by atoms with Crippen LogP contribution in [0, 0.1) is 11.8 Å². The van der Waals surface area contributed by atoms with Gasteiger partial charge in [0.2, 0.25) is 5.91 Å². The molecule has 3 aliphatic heterocycles. The summed E-state index contributed by atoms with van der Waals surface area (Å²) in [5.41, 5.74) is 1.25. The Bertz CT molecular complexity index is 662. The van der Waals surface area contributed by atoms with Crippen molar-refractivity contribution in [3.05, 3.63) is 42.0 Å². The molecule has 0 aliphatic carbocycles. The van der Waals surface area contributed by atoms with Gasteiger partial charge in [-0.2, -0.15) is 0 Å². The van der Waals surface area contributed by atoms with Crippen LogP contribution >= 0.6 is 0 Å². The van der Waals surface area contributed by atoms with Gasteiger partial charge in [-0.25, -0.2) is 0 Å². The fourth-order valence-electron chi connectivity index (χ4n) is 5.01. The van der Waals surface area contributed by atoms with Crippen molar-refractivity contribution >= 4 is 12.0 Å². The summed E-state index contributed by atoms with van der Waals surface area (Å²) in [6.45, 7) is 3.84. The maximum atomic E-state index is 11.7. The van der Waals surface area contributed by atoms with Crippen molar-refractivity contribution in [2.24, 2.45) is 11.8 Å². The van der Waals surface area contributed by atoms with Crippen molar-refractivity contribution in [3.8, 4) is 0 Å². The minimum atomic E-state index is -0.0371. The molecule has 4 atom stereocenters. The molecule has 140 valence electrons. The molecular weight excluding hydrogens is 328 g/mol. The van der Waals surface area contributed by atoms with Crippen LogP contribution in [0.4, 0.5) is 0 Å². The molecule has 5 heteroatoms. The monoisotopic (exact) mass is 356 g/mol. The van der Waals surface area contributed by atoms with Crippen LogP contribution in [-0.2, 0) is 14.3 Å². The minimum Gasteiger partial charge on any atom is -0.375 e. The Hall–Kier alpha value is -1.69. The van der Waals surface area contributed by atoms with Gasteiger partial charge in [0.05, 0.1) is 11.7 Å². The number of nitrogens with one attached hydrogen (secondary N) is 1. The second-order valence-corrected chi connectivity index (χ2v) is 7.77. The average Bonchev–Trinajstić information content (AvgIpc) is 3.29. The lowest BCUT2D eigenvalue weighted by molar-refractivity contribution is -0.125. The molecule has 3 saturated heterocycles. The summed E-state index contributed by atoms with van der Waals surface area (Å²) in [5.74, 6) is 0.909. The van der Waals surface area contributed by atoms with E-state index in [1.54, 1.807) is 7.11 Å². The van der Waals surface area contributed by atoms with Crippen LogP contribution in [0.1, 0.15) is 18.4 Å². The third-order valence-corrected chi connectivity index (χ3v) is 6.14. The van der Waals surface area contributed by atoms with Crippen molar-refractivity contribution in [3.63, 3.8) is 0 Å². The molecule has 3 aliphatic rings. The lowest BCUT2D eigenvalue weighted by Crippen LogP contribution is -2.42. The van der Waals surface area contributed by atoms with Gasteiger partial charge in [0.25, 0.3) is 0 Å². The van der Waals surface area contributed by atoms with Crippen molar-refractivity contribution in [1.82, 2.24) is 10.2 Å². The zero-order chi connectivity index (χ0) is 18.0. The van der Waals surface area contributed by atoms with Crippen LogP contribution in [0.3, 0.4) is 0 Å². The van der Waals surface area contributed by atoms with Gasteiger partial charge in [-0.15, -0.1) is 0 Å². The van der Waals surface area contributed by atoms with E-state index < -0.39 is 0 Å². The van der Waals surface area contributed by atoms with Crippen LogP contribution < -0.4 is 5.32 Å². The number of amides is 1. The molecule has 4 rings (SSSR count). The van der Waals surface area contributed by atoms with Crippen molar-refractivity contribution < 1.29 is 14.3 Å². The van der Waals surface area contributed by atoms with Crippen molar-refractivity contribution in [1.29, 1.82) is 0 Å². The molecule has 0 radical (unpaired) electrons. The molecule has 0 aromatic heterocycles. The fourth-order valence-corrected chi connectivity index (χ4v) is 5.01. The predicted molar refractivity (Wildman–Crippen MR) is 101 cm³/mol. The van der Waals surface area contributed by atoms with Gasteiger partial charge < -0.3 is 14.8 Å². The van der Waals surface area contributed by atoms with E-state index >= 15 is 0 Å².